The van der Waals surface area contributed by atoms with Gasteiger partial charge in [-0.2, -0.15) is 11.8 Å². The van der Waals surface area contributed by atoms with E-state index in [0.717, 1.165) is 36.6 Å². The molecule has 2 amide bonds. The van der Waals surface area contributed by atoms with Crippen molar-refractivity contribution >= 4 is 23.5 Å². The van der Waals surface area contributed by atoms with E-state index in [2.05, 4.69) is 5.32 Å². The van der Waals surface area contributed by atoms with Gasteiger partial charge in [0.1, 0.15) is 12.4 Å². The van der Waals surface area contributed by atoms with Gasteiger partial charge in [-0.1, -0.05) is 6.07 Å². The van der Waals surface area contributed by atoms with Crippen molar-refractivity contribution in [3.05, 3.63) is 23.8 Å². The van der Waals surface area contributed by atoms with Crippen molar-refractivity contribution in [1.82, 2.24) is 4.90 Å². The third kappa shape index (κ3) is 5.05. The summed E-state index contributed by atoms with van der Waals surface area (Å²) in [5.74, 6) is 2.37. The van der Waals surface area contributed by atoms with Gasteiger partial charge in [0, 0.05) is 30.6 Å². The number of halogens is 2. The summed E-state index contributed by atoms with van der Waals surface area (Å²) in [5.41, 5.74) is 1.31. The number of carbonyl (C=O) groups excluding carboxylic acids is 1. The summed E-state index contributed by atoms with van der Waals surface area (Å²) in [4.78, 5) is 14.0. The third-order valence-electron chi connectivity index (χ3n) is 3.31. The summed E-state index contributed by atoms with van der Waals surface area (Å²) < 4.78 is 29.5. The van der Waals surface area contributed by atoms with E-state index in [1.54, 1.807) is 30.0 Å². The Morgan fingerprint density at radius 3 is 3.00 bits per heavy atom. The average Bonchev–Trinajstić information content (AvgIpc) is 2.76. The minimum Gasteiger partial charge on any atom is -0.487 e. The van der Waals surface area contributed by atoms with Crippen LogP contribution in [0.1, 0.15) is 12.0 Å². The summed E-state index contributed by atoms with van der Waals surface area (Å²) >= 11 is 1.84. The van der Waals surface area contributed by atoms with Crippen LogP contribution in [0, 0.1) is 6.92 Å². The Morgan fingerprint density at radius 2 is 2.23 bits per heavy atom. The normalized spacial score (nSPS) is 15.5. The molecule has 1 fully saturated rings. The highest BCUT2D eigenvalue weighted by molar-refractivity contribution is 7.99. The number of thioether (sulfide) groups is 1. The van der Waals surface area contributed by atoms with E-state index < -0.39 is 13.0 Å². The Balaban J connectivity index is 1.99. The third-order valence-corrected chi connectivity index (χ3v) is 4.36. The molecule has 1 aromatic rings. The molecular weight excluding hydrogens is 310 g/mol. The summed E-state index contributed by atoms with van der Waals surface area (Å²) in [6.07, 6.45) is -1.54. The molecule has 1 aromatic carbocycles. The molecule has 0 aliphatic carbocycles. The van der Waals surface area contributed by atoms with Crippen molar-refractivity contribution in [3.8, 4) is 5.75 Å². The number of anilines is 1. The molecule has 4 nitrogen and oxygen atoms in total. The molecule has 1 aliphatic heterocycles. The first kappa shape index (κ1) is 16.9. The zero-order chi connectivity index (χ0) is 15.9. The lowest BCUT2D eigenvalue weighted by atomic mass is 10.2. The van der Waals surface area contributed by atoms with Crippen molar-refractivity contribution in [2.45, 2.75) is 19.8 Å². The van der Waals surface area contributed by atoms with Crippen LogP contribution in [0.15, 0.2) is 18.2 Å². The number of nitrogens with one attached hydrogen (secondary N) is 1. The van der Waals surface area contributed by atoms with E-state index in [4.69, 9.17) is 4.74 Å². The Hall–Kier alpha value is -1.50. The molecule has 0 unspecified atom stereocenters. The number of carbonyl (C=O) groups is 1. The predicted octanol–water partition coefficient (Wildman–Crippen LogP) is 3.61. The number of aryl methyl sites for hydroxylation is 1. The molecule has 2 rings (SSSR count). The second-order valence-electron chi connectivity index (χ2n) is 5.07. The molecule has 0 aromatic heterocycles. The van der Waals surface area contributed by atoms with E-state index in [1.165, 1.54) is 0 Å². The summed E-state index contributed by atoms with van der Waals surface area (Å²) in [7, 11) is 0. The molecule has 1 N–H and O–H groups in total. The predicted molar refractivity (Wildman–Crippen MR) is 85.2 cm³/mol. The van der Waals surface area contributed by atoms with Crippen LogP contribution in [-0.2, 0) is 0 Å². The molecule has 7 heteroatoms. The first-order valence-electron chi connectivity index (χ1n) is 7.21. The second-order valence-corrected chi connectivity index (χ2v) is 6.29. The number of hydrogen-bond acceptors (Lipinski definition) is 3. The lowest BCUT2D eigenvalue weighted by Crippen LogP contribution is -2.36. The second kappa shape index (κ2) is 8.22. The molecule has 0 radical (unpaired) electrons. The fourth-order valence-electron chi connectivity index (χ4n) is 2.14. The van der Waals surface area contributed by atoms with Crippen molar-refractivity contribution in [3.63, 3.8) is 0 Å². The van der Waals surface area contributed by atoms with Gasteiger partial charge in [-0.25, -0.2) is 13.6 Å². The smallest absolute Gasteiger partial charge is 0.321 e. The zero-order valence-electron chi connectivity index (χ0n) is 12.5. The van der Waals surface area contributed by atoms with Gasteiger partial charge >= 0.3 is 6.03 Å². The first-order chi connectivity index (χ1) is 10.6. The summed E-state index contributed by atoms with van der Waals surface area (Å²) in [6.45, 7) is 2.58. The van der Waals surface area contributed by atoms with E-state index in [0.29, 0.717) is 11.4 Å². The zero-order valence-corrected chi connectivity index (χ0v) is 13.3. The molecule has 0 atom stereocenters. The van der Waals surface area contributed by atoms with Crippen LogP contribution in [0.25, 0.3) is 0 Å². The Labute approximate surface area is 133 Å². The van der Waals surface area contributed by atoms with E-state index in [1.807, 2.05) is 11.8 Å². The van der Waals surface area contributed by atoms with Gasteiger partial charge in [-0.05, 0) is 30.7 Å². The highest BCUT2D eigenvalue weighted by Gasteiger charge is 2.16. The molecule has 1 heterocycles. The number of amides is 2. The average molecular weight is 330 g/mol. The Morgan fingerprint density at radius 1 is 1.41 bits per heavy atom. The first-order valence-corrected chi connectivity index (χ1v) is 8.37. The maximum absolute atomic E-state index is 12.2. The molecule has 0 spiro atoms. The summed E-state index contributed by atoms with van der Waals surface area (Å²) in [5, 5.41) is 2.80. The fourth-order valence-corrected chi connectivity index (χ4v) is 3.02. The SMILES string of the molecule is Cc1ccc(NC(=O)N2CCCSCC2)cc1OCC(F)F. The number of rotatable bonds is 4. The number of nitrogens with zero attached hydrogens (tertiary/aromatic N) is 1. The Kier molecular flexibility index (Phi) is 6.30. The minimum atomic E-state index is -2.52. The van der Waals surface area contributed by atoms with Crippen molar-refractivity contribution in [2.75, 3.05) is 36.5 Å². The van der Waals surface area contributed by atoms with Gasteiger partial charge in [0.05, 0.1) is 0 Å². The van der Waals surface area contributed by atoms with Crippen LogP contribution in [0.5, 0.6) is 5.75 Å². The van der Waals surface area contributed by atoms with Gasteiger partial charge in [-0.3, -0.25) is 0 Å². The fraction of sp³-hybridized carbons (Fsp3) is 0.533. The largest absolute Gasteiger partial charge is 0.487 e. The Bertz CT molecular complexity index is 506. The van der Waals surface area contributed by atoms with Crippen LogP contribution in [0.3, 0.4) is 0 Å². The van der Waals surface area contributed by atoms with Crippen LogP contribution in [-0.4, -0.2) is 48.6 Å². The number of ether oxygens (including phenoxy) is 1. The number of urea groups is 1. The van der Waals surface area contributed by atoms with Crippen LogP contribution < -0.4 is 10.1 Å². The van der Waals surface area contributed by atoms with E-state index in [9.17, 15) is 13.6 Å². The molecule has 122 valence electrons. The van der Waals surface area contributed by atoms with Crippen LogP contribution in [0.2, 0.25) is 0 Å². The summed E-state index contributed by atoms with van der Waals surface area (Å²) in [6, 6.07) is 4.91. The monoisotopic (exact) mass is 330 g/mol. The number of hydrogen-bond donors (Lipinski definition) is 1. The van der Waals surface area contributed by atoms with Gasteiger partial charge < -0.3 is 15.0 Å². The van der Waals surface area contributed by atoms with Gasteiger partial charge in [0.15, 0.2) is 0 Å². The van der Waals surface area contributed by atoms with E-state index in [-0.39, 0.29) is 6.03 Å². The van der Waals surface area contributed by atoms with Gasteiger partial charge in [0.25, 0.3) is 6.43 Å². The highest BCUT2D eigenvalue weighted by atomic mass is 32.2. The molecule has 22 heavy (non-hydrogen) atoms. The maximum atomic E-state index is 12.2. The molecule has 1 aliphatic rings. The number of benzene rings is 1. The van der Waals surface area contributed by atoms with Crippen LogP contribution in [0.4, 0.5) is 19.3 Å². The molecule has 1 saturated heterocycles. The lowest BCUT2D eigenvalue weighted by Gasteiger charge is -2.21. The molecule has 0 saturated carbocycles. The van der Waals surface area contributed by atoms with Gasteiger partial charge in [0.2, 0.25) is 0 Å². The lowest BCUT2D eigenvalue weighted by molar-refractivity contribution is 0.0816. The number of alkyl halides is 2. The minimum absolute atomic E-state index is 0.161. The van der Waals surface area contributed by atoms with E-state index >= 15 is 0 Å². The van der Waals surface area contributed by atoms with Crippen molar-refractivity contribution in [1.29, 1.82) is 0 Å². The van der Waals surface area contributed by atoms with Crippen molar-refractivity contribution in [2.24, 2.45) is 0 Å². The maximum Gasteiger partial charge on any atom is 0.321 e. The van der Waals surface area contributed by atoms with Gasteiger partial charge in [-0.15, -0.1) is 0 Å². The quantitative estimate of drug-likeness (QED) is 0.917. The molecular formula is C15H20F2N2O2S. The van der Waals surface area contributed by atoms with Crippen molar-refractivity contribution < 1.29 is 18.3 Å². The molecule has 0 bridgehead atoms. The highest BCUT2D eigenvalue weighted by Crippen LogP contribution is 2.23. The van der Waals surface area contributed by atoms with Crippen LogP contribution >= 0.6 is 11.8 Å². The topological polar surface area (TPSA) is 41.6 Å². The standard InChI is InChI=1S/C15H20F2N2O2S/c1-11-3-4-12(9-13(11)21-10-14(16)17)18-15(20)19-5-2-7-22-8-6-19/h3-4,9,14H,2,5-8,10H2,1H3,(H,18,20).